The van der Waals surface area contributed by atoms with Crippen LogP contribution in [-0.4, -0.2) is 47.8 Å². The van der Waals surface area contributed by atoms with Crippen molar-refractivity contribution in [3.63, 3.8) is 0 Å². The van der Waals surface area contributed by atoms with Crippen LogP contribution in [0.2, 0.25) is 10.0 Å². The lowest BCUT2D eigenvalue weighted by Gasteiger charge is -2.37. The van der Waals surface area contributed by atoms with Gasteiger partial charge in [0.1, 0.15) is 24.4 Å². The summed E-state index contributed by atoms with van der Waals surface area (Å²) < 4.78 is 23.5. The minimum atomic E-state index is -0.934. The van der Waals surface area contributed by atoms with Crippen LogP contribution in [0, 0.1) is 0 Å². The summed E-state index contributed by atoms with van der Waals surface area (Å²) in [6.07, 6.45) is -4.46. The van der Waals surface area contributed by atoms with E-state index < -0.39 is 37.0 Å². The third-order valence-electron chi connectivity index (χ3n) is 4.77. The Balaban J connectivity index is 1.53. The second-order valence-corrected chi connectivity index (χ2v) is 7.61. The molecule has 0 aliphatic carbocycles. The van der Waals surface area contributed by atoms with Crippen LogP contribution in [0.25, 0.3) is 0 Å². The Morgan fingerprint density at radius 3 is 2.07 bits per heavy atom. The van der Waals surface area contributed by atoms with Gasteiger partial charge in [-0.25, -0.2) is 0 Å². The van der Waals surface area contributed by atoms with Crippen molar-refractivity contribution in [1.29, 1.82) is 0 Å². The molecule has 2 aromatic carbocycles. The van der Waals surface area contributed by atoms with Crippen molar-refractivity contribution >= 4 is 23.2 Å². The Hall–Kier alpha value is -1.22. The molecular formula is C20H20Cl2O6. The third kappa shape index (κ3) is 4.20. The monoisotopic (exact) mass is 426 g/mol. The highest BCUT2D eigenvalue weighted by atomic mass is 35.5. The highest BCUT2D eigenvalue weighted by Crippen LogP contribution is 2.38. The molecule has 2 unspecified atom stereocenters. The molecule has 0 bridgehead atoms. The van der Waals surface area contributed by atoms with Gasteiger partial charge >= 0.3 is 0 Å². The minimum Gasteiger partial charge on any atom is -0.394 e. The standard InChI is InChI=1S/C20H20Cl2O6/c21-13-5-1-3-11(7-13)19-25-10-15(24)17(27-19)18-16(9-23)26-20(28-18)12-4-2-6-14(22)8-12/h1-8,15-20,23-24H,9-10H2/t15-,16+,17-,18-,19?,20?/m0/s1. The molecule has 0 amide bonds. The smallest absolute Gasteiger partial charge is 0.185 e. The first kappa shape index (κ1) is 20.1. The van der Waals surface area contributed by atoms with Crippen LogP contribution in [-0.2, 0) is 18.9 Å². The molecule has 0 radical (unpaired) electrons. The van der Waals surface area contributed by atoms with E-state index in [1.54, 1.807) is 36.4 Å². The molecule has 0 spiro atoms. The minimum absolute atomic E-state index is 0.0572. The summed E-state index contributed by atoms with van der Waals surface area (Å²) in [5.41, 5.74) is 1.46. The zero-order valence-corrected chi connectivity index (χ0v) is 16.3. The van der Waals surface area contributed by atoms with Gasteiger partial charge in [-0.1, -0.05) is 47.5 Å². The SMILES string of the molecule is OC[C@H]1OC(c2cccc(Cl)c2)O[C@@H]1[C@H]1OC(c2cccc(Cl)c2)OC[C@@H]1O. The number of halogens is 2. The average Bonchev–Trinajstić information content (AvgIpc) is 3.12. The van der Waals surface area contributed by atoms with Crippen LogP contribution >= 0.6 is 23.2 Å². The lowest BCUT2D eigenvalue weighted by molar-refractivity contribution is -0.279. The predicted molar refractivity (Wildman–Crippen MR) is 102 cm³/mol. The van der Waals surface area contributed by atoms with Gasteiger partial charge in [-0.05, 0) is 24.3 Å². The molecule has 0 saturated carbocycles. The molecule has 2 aliphatic rings. The summed E-state index contributed by atoms with van der Waals surface area (Å²) in [5.74, 6) is 0. The normalized spacial score (nSPS) is 33.1. The van der Waals surface area contributed by atoms with Gasteiger partial charge in [0, 0.05) is 21.2 Å². The molecule has 4 rings (SSSR count). The average molecular weight is 427 g/mol. The van der Waals surface area contributed by atoms with E-state index in [0.717, 1.165) is 11.1 Å². The van der Waals surface area contributed by atoms with E-state index in [2.05, 4.69) is 0 Å². The highest BCUT2D eigenvalue weighted by molar-refractivity contribution is 6.30. The Morgan fingerprint density at radius 2 is 1.46 bits per heavy atom. The molecule has 2 N–H and O–H groups in total. The molecule has 2 heterocycles. The molecule has 6 nitrogen and oxygen atoms in total. The number of aliphatic hydroxyl groups excluding tert-OH is 2. The van der Waals surface area contributed by atoms with Crippen LogP contribution in [0.4, 0.5) is 0 Å². The summed E-state index contributed by atoms with van der Waals surface area (Å²) in [6, 6.07) is 14.2. The zero-order chi connectivity index (χ0) is 19.7. The number of benzene rings is 2. The summed E-state index contributed by atoms with van der Waals surface area (Å²) in [4.78, 5) is 0. The van der Waals surface area contributed by atoms with Gasteiger partial charge in [0.2, 0.25) is 0 Å². The number of hydrogen-bond acceptors (Lipinski definition) is 6. The molecule has 28 heavy (non-hydrogen) atoms. The second-order valence-electron chi connectivity index (χ2n) is 6.73. The topological polar surface area (TPSA) is 77.4 Å². The first-order chi connectivity index (χ1) is 13.5. The fraction of sp³-hybridized carbons (Fsp3) is 0.400. The van der Waals surface area contributed by atoms with Crippen LogP contribution in [0.15, 0.2) is 48.5 Å². The van der Waals surface area contributed by atoms with E-state index in [9.17, 15) is 10.2 Å². The first-order valence-corrected chi connectivity index (χ1v) is 9.68. The third-order valence-corrected chi connectivity index (χ3v) is 5.24. The molecule has 2 saturated heterocycles. The molecular weight excluding hydrogens is 407 g/mol. The van der Waals surface area contributed by atoms with Crippen LogP contribution in [0.5, 0.6) is 0 Å². The van der Waals surface area contributed by atoms with Gasteiger partial charge in [-0.2, -0.15) is 0 Å². The van der Waals surface area contributed by atoms with Crippen molar-refractivity contribution in [1.82, 2.24) is 0 Å². The van der Waals surface area contributed by atoms with Gasteiger partial charge in [0.25, 0.3) is 0 Å². The predicted octanol–water partition coefficient (Wildman–Crippen LogP) is 3.24. The molecule has 6 atom stereocenters. The van der Waals surface area contributed by atoms with Crippen LogP contribution in [0.3, 0.4) is 0 Å². The molecule has 2 aromatic rings. The maximum absolute atomic E-state index is 10.4. The Bertz CT molecular complexity index is 775. The van der Waals surface area contributed by atoms with Crippen molar-refractivity contribution in [2.24, 2.45) is 0 Å². The molecule has 2 aliphatic heterocycles. The summed E-state index contributed by atoms with van der Waals surface area (Å²) in [6.45, 7) is -0.224. The van der Waals surface area contributed by atoms with Crippen molar-refractivity contribution < 1.29 is 29.2 Å². The fourth-order valence-corrected chi connectivity index (χ4v) is 3.82. The van der Waals surface area contributed by atoms with Crippen molar-refractivity contribution in [2.75, 3.05) is 13.2 Å². The van der Waals surface area contributed by atoms with Crippen molar-refractivity contribution in [3.05, 3.63) is 69.7 Å². The van der Waals surface area contributed by atoms with Gasteiger partial charge in [0.05, 0.1) is 13.2 Å². The van der Waals surface area contributed by atoms with Crippen LogP contribution in [0.1, 0.15) is 23.7 Å². The largest absolute Gasteiger partial charge is 0.394 e. The van der Waals surface area contributed by atoms with E-state index in [4.69, 9.17) is 42.1 Å². The summed E-state index contributed by atoms with van der Waals surface area (Å²) >= 11 is 12.1. The van der Waals surface area contributed by atoms with Gasteiger partial charge in [-0.3, -0.25) is 0 Å². The zero-order valence-electron chi connectivity index (χ0n) is 14.8. The van der Waals surface area contributed by atoms with Crippen molar-refractivity contribution in [3.8, 4) is 0 Å². The molecule has 0 aromatic heterocycles. The van der Waals surface area contributed by atoms with Gasteiger partial charge in [-0.15, -0.1) is 0 Å². The second kappa shape index (κ2) is 8.65. The lowest BCUT2D eigenvalue weighted by Crippen LogP contribution is -2.51. The maximum atomic E-state index is 10.4. The molecule has 2 fully saturated rings. The van der Waals surface area contributed by atoms with Gasteiger partial charge in [0.15, 0.2) is 12.6 Å². The van der Waals surface area contributed by atoms with Crippen LogP contribution < -0.4 is 0 Å². The van der Waals surface area contributed by atoms with E-state index in [1.165, 1.54) is 0 Å². The van der Waals surface area contributed by atoms with E-state index in [-0.39, 0.29) is 13.2 Å². The quantitative estimate of drug-likeness (QED) is 0.781. The number of aliphatic hydroxyl groups is 2. The number of rotatable bonds is 4. The van der Waals surface area contributed by atoms with E-state index in [1.807, 2.05) is 12.1 Å². The summed E-state index contributed by atoms with van der Waals surface area (Å²) in [5, 5.41) is 21.3. The Labute approximate surface area is 172 Å². The maximum Gasteiger partial charge on any atom is 0.185 e. The van der Waals surface area contributed by atoms with Crippen molar-refractivity contribution in [2.45, 2.75) is 37.0 Å². The highest BCUT2D eigenvalue weighted by Gasteiger charge is 2.47. The Morgan fingerprint density at radius 1 is 0.857 bits per heavy atom. The summed E-state index contributed by atoms with van der Waals surface area (Å²) in [7, 11) is 0. The fourth-order valence-electron chi connectivity index (χ4n) is 3.42. The van der Waals surface area contributed by atoms with E-state index >= 15 is 0 Å². The first-order valence-electron chi connectivity index (χ1n) is 8.93. The Kier molecular flexibility index (Phi) is 6.20. The van der Waals surface area contributed by atoms with E-state index in [0.29, 0.717) is 10.0 Å². The lowest BCUT2D eigenvalue weighted by atomic mass is 10.0. The number of hydrogen-bond donors (Lipinski definition) is 2. The van der Waals surface area contributed by atoms with Gasteiger partial charge < -0.3 is 29.2 Å². The molecule has 150 valence electrons. The number of ether oxygens (including phenoxy) is 4. The molecule has 8 heteroatoms.